The average molecular weight is 345 g/mol. The Labute approximate surface area is 156 Å². The van der Waals surface area contributed by atoms with E-state index in [4.69, 9.17) is 0 Å². The monoisotopic (exact) mass is 345 g/mol. The van der Waals surface area contributed by atoms with Crippen LogP contribution in [0.1, 0.15) is 51.4 Å². The summed E-state index contributed by atoms with van der Waals surface area (Å²) in [6.45, 7) is 12.8. The molecule has 0 radical (unpaired) electrons. The summed E-state index contributed by atoms with van der Waals surface area (Å²) in [6.07, 6.45) is 2.90. The maximum atomic E-state index is 4.54. The van der Waals surface area contributed by atoms with Crippen LogP contribution in [0, 0.1) is 0 Å². The van der Waals surface area contributed by atoms with Crippen molar-refractivity contribution in [2.75, 3.05) is 0 Å². The number of para-hydroxylation sites is 1. The van der Waals surface area contributed by atoms with E-state index in [-0.39, 0.29) is 11.3 Å². The van der Waals surface area contributed by atoms with E-state index in [2.05, 4.69) is 85.4 Å². The molecule has 0 bridgehead atoms. The third kappa shape index (κ3) is 3.48. The number of benzene rings is 2. The Hall–Kier alpha value is -2.68. The molecule has 0 aliphatic carbocycles. The number of hydrogen-bond donors (Lipinski definition) is 0. The zero-order valence-corrected chi connectivity index (χ0v) is 16.1. The van der Waals surface area contributed by atoms with Crippen molar-refractivity contribution in [3.63, 3.8) is 0 Å². The van der Waals surface area contributed by atoms with E-state index in [1.54, 1.807) is 0 Å². The van der Waals surface area contributed by atoms with Gasteiger partial charge in [0.1, 0.15) is 5.82 Å². The van der Waals surface area contributed by atoms with E-state index >= 15 is 0 Å². The number of rotatable bonds is 5. The largest absolute Gasteiger partial charge is 0.279 e. The third-order valence-electron chi connectivity index (χ3n) is 4.77. The lowest BCUT2D eigenvalue weighted by molar-refractivity contribution is 0.590. The molecule has 134 valence electrons. The van der Waals surface area contributed by atoms with E-state index < -0.39 is 0 Å². The number of nitrogens with zero attached hydrogens (tertiary/aromatic N) is 3. The minimum atomic E-state index is 0.132. The smallest absolute Gasteiger partial charge is 0.168 e. The first-order valence-corrected chi connectivity index (χ1v) is 9.20. The van der Waals surface area contributed by atoms with Gasteiger partial charge in [0.2, 0.25) is 0 Å². The highest BCUT2D eigenvalue weighted by molar-refractivity contribution is 5.60. The maximum absolute atomic E-state index is 4.54. The highest BCUT2D eigenvalue weighted by Gasteiger charge is 2.21. The second-order valence-electron chi connectivity index (χ2n) is 7.63. The molecule has 0 spiro atoms. The SMILES string of the molecule is C=CC(CC)c1nnc(-c2ccc(C(C)(C)C)cc2)n1-c1ccccc1. The predicted octanol–water partition coefficient (Wildman–Crippen LogP) is 5.91. The van der Waals surface area contributed by atoms with Crippen LogP contribution in [0.3, 0.4) is 0 Å². The van der Waals surface area contributed by atoms with Crippen LogP contribution in [0.4, 0.5) is 0 Å². The summed E-state index contributed by atoms with van der Waals surface area (Å²) < 4.78 is 2.15. The van der Waals surface area contributed by atoms with Crippen molar-refractivity contribution in [2.45, 2.75) is 45.4 Å². The molecule has 3 nitrogen and oxygen atoms in total. The summed E-state index contributed by atoms with van der Waals surface area (Å²) >= 11 is 0. The van der Waals surface area contributed by atoms with Crippen molar-refractivity contribution < 1.29 is 0 Å². The van der Waals surface area contributed by atoms with Crippen LogP contribution in [-0.4, -0.2) is 14.8 Å². The molecule has 0 fully saturated rings. The molecule has 3 heteroatoms. The van der Waals surface area contributed by atoms with Crippen molar-refractivity contribution in [1.82, 2.24) is 14.8 Å². The molecule has 3 aromatic rings. The highest BCUT2D eigenvalue weighted by Crippen LogP contribution is 2.30. The second kappa shape index (κ2) is 7.28. The Bertz CT molecular complexity index is 868. The Morgan fingerprint density at radius 3 is 2.19 bits per heavy atom. The molecule has 1 aromatic heterocycles. The Kier molecular flexibility index (Phi) is 5.08. The lowest BCUT2D eigenvalue weighted by Gasteiger charge is -2.19. The van der Waals surface area contributed by atoms with Gasteiger partial charge in [0.25, 0.3) is 0 Å². The van der Waals surface area contributed by atoms with E-state index in [0.717, 1.165) is 29.3 Å². The van der Waals surface area contributed by atoms with Crippen molar-refractivity contribution in [1.29, 1.82) is 0 Å². The molecular weight excluding hydrogens is 318 g/mol. The molecule has 0 aliphatic heterocycles. The average Bonchev–Trinajstić information content (AvgIpc) is 3.08. The molecule has 2 aromatic carbocycles. The molecule has 0 saturated heterocycles. The van der Waals surface area contributed by atoms with Gasteiger partial charge in [0.15, 0.2) is 5.82 Å². The highest BCUT2D eigenvalue weighted by atomic mass is 15.3. The van der Waals surface area contributed by atoms with Gasteiger partial charge in [-0.1, -0.05) is 76.2 Å². The summed E-state index contributed by atoms with van der Waals surface area (Å²) in [5.41, 5.74) is 3.58. The van der Waals surface area contributed by atoms with Crippen LogP contribution in [0.25, 0.3) is 17.1 Å². The predicted molar refractivity (Wildman–Crippen MR) is 109 cm³/mol. The standard InChI is InChI=1S/C23H27N3/c1-6-17(7-2)21-24-25-22(26(21)20-11-9-8-10-12-20)18-13-15-19(16-14-18)23(3,4)5/h6,8-17H,1,7H2,2-5H3. The zero-order valence-electron chi connectivity index (χ0n) is 16.1. The van der Waals surface area contributed by atoms with Gasteiger partial charge < -0.3 is 0 Å². The van der Waals surface area contributed by atoms with Gasteiger partial charge in [0, 0.05) is 17.2 Å². The number of aromatic nitrogens is 3. The molecule has 0 saturated carbocycles. The normalized spacial score (nSPS) is 12.8. The van der Waals surface area contributed by atoms with Crippen molar-refractivity contribution in [3.05, 3.63) is 78.6 Å². The minimum absolute atomic E-state index is 0.132. The third-order valence-corrected chi connectivity index (χ3v) is 4.77. The topological polar surface area (TPSA) is 30.7 Å². The van der Waals surface area contributed by atoms with Crippen LogP contribution < -0.4 is 0 Å². The second-order valence-corrected chi connectivity index (χ2v) is 7.63. The van der Waals surface area contributed by atoms with E-state index in [1.165, 1.54) is 5.56 Å². The van der Waals surface area contributed by atoms with Gasteiger partial charge >= 0.3 is 0 Å². The van der Waals surface area contributed by atoms with Crippen LogP contribution in [0.15, 0.2) is 67.3 Å². The van der Waals surface area contributed by atoms with Crippen LogP contribution in [0.5, 0.6) is 0 Å². The van der Waals surface area contributed by atoms with Gasteiger partial charge in [-0.25, -0.2) is 0 Å². The molecular formula is C23H27N3. The molecule has 26 heavy (non-hydrogen) atoms. The van der Waals surface area contributed by atoms with Gasteiger partial charge in [0.05, 0.1) is 0 Å². The first-order chi connectivity index (χ1) is 12.5. The van der Waals surface area contributed by atoms with Crippen molar-refractivity contribution in [3.8, 4) is 17.1 Å². The zero-order chi connectivity index (χ0) is 18.7. The Morgan fingerprint density at radius 1 is 1.00 bits per heavy atom. The van der Waals surface area contributed by atoms with E-state index in [0.29, 0.717) is 0 Å². The molecule has 1 unspecified atom stereocenters. The summed E-state index contributed by atoms with van der Waals surface area (Å²) in [5.74, 6) is 1.97. The van der Waals surface area contributed by atoms with Gasteiger partial charge in [-0.2, -0.15) is 0 Å². The van der Waals surface area contributed by atoms with Gasteiger partial charge in [-0.15, -0.1) is 16.8 Å². The van der Waals surface area contributed by atoms with Crippen LogP contribution in [0.2, 0.25) is 0 Å². The summed E-state index contributed by atoms with van der Waals surface area (Å²) in [5, 5.41) is 9.06. The molecule has 1 heterocycles. The minimum Gasteiger partial charge on any atom is -0.279 e. The van der Waals surface area contributed by atoms with Gasteiger partial charge in [-0.05, 0) is 29.5 Å². The first kappa shape index (κ1) is 18.1. The Balaban J connectivity index is 2.15. The van der Waals surface area contributed by atoms with Crippen molar-refractivity contribution >= 4 is 0 Å². The van der Waals surface area contributed by atoms with Crippen LogP contribution >= 0.6 is 0 Å². The fourth-order valence-electron chi connectivity index (χ4n) is 3.13. The quantitative estimate of drug-likeness (QED) is 0.538. The fourth-order valence-corrected chi connectivity index (χ4v) is 3.13. The molecule has 3 rings (SSSR count). The van der Waals surface area contributed by atoms with E-state index in [9.17, 15) is 0 Å². The fraction of sp³-hybridized carbons (Fsp3) is 0.304. The van der Waals surface area contributed by atoms with Crippen molar-refractivity contribution in [2.24, 2.45) is 0 Å². The lowest BCUT2D eigenvalue weighted by atomic mass is 9.86. The molecule has 1 atom stereocenters. The summed E-state index contributed by atoms with van der Waals surface area (Å²) in [7, 11) is 0. The first-order valence-electron chi connectivity index (χ1n) is 9.20. The maximum Gasteiger partial charge on any atom is 0.168 e. The molecule has 0 amide bonds. The number of allylic oxidation sites excluding steroid dienone is 1. The molecule has 0 aliphatic rings. The van der Waals surface area contributed by atoms with Crippen LogP contribution in [-0.2, 0) is 5.41 Å². The number of hydrogen-bond acceptors (Lipinski definition) is 2. The lowest BCUT2D eigenvalue weighted by Crippen LogP contribution is -2.10. The van der Waals surface area contributed by atoms with Gasteiger partial charge in [-0.3, -0.25) is 4.57 Å². The van der Waals surface area contributed by atoms with E-state index in [1.807, 2.05) is 24.3 Å². The molecule has 0 N–H and O–H groups in total. The summed E-state index contributed by atoms with van der Waals surface area (Å²) in [6, 6.07) is 18.9. The summed E-state index contributed by atoms with van der Waals surface area (Å²) in [4.78, 5) is 0. The Morgan fingerprint density at radius 2 is 1.65 bits per heavy atom.